The monoisotopic (exact) mass is 334 g/mol. The van der Waals surface area contributed by atoms with E-state index in [1.807, 2.05) is 0 Å². The van der Waals surface area contributed by atoms with Gasteiger partial charge >= 0.3 is 0 Å². The number of unbranched alkanes of at least 4 members (excludes halogenated alkanes) is 2. The van der Waals surface area contributed by atoms with Crippen molar-refractivity contribution in [3.8, 4) is 11.5 Å². The molecule has 0 aliphatic rings. The van der Waals surface area contributed by atoms with Gasteiger partial charge in [-0.25, -0.2) is 0 Å². The zero-order valence-corrected chi connectivity index (χ0v) is 15.7. The lowest BCUT2D eigenvalue weighted by atomic mass is 9.92. The first-order valence-corrected chi connectivity index (χ1v) is 9.21. The van der Waals surface area contributed by atoms with Crippen molar-refractivity contribution in [2.24, 2.45) is 5.92 Å². The molecule has 0 saturated heterocycles. The van der Waals surface area contributed by atoms with E-state index in [0.717, 1.165) is 44.1 Å². The number of allylic oxidation sites excluding steroid dienone is 2. The van der Waals surface area contributed by atoms with Crippen LogP contribution in [0.3, 0.4) is 0 Å². The third-order valence-corrected chi connectivity index (χ3v) is 4.44. The first-order chi connectivity index (χ1) is 11.3. The third kappa shape index (κ3) is 6.96. The molecule has 1 aromatic rings. The molecule has 0 amide bonds. The predicted octanol–water partition coefficient (Wildman–Crippen LogP) is 5.64. The van der Waals surface area contributed by atoms with Gasteiger partial charge in [0, 0.05) is 0 Å². The van der Waals surface area contributed by atoms with Crippen LogP contribution in [0.5, 0.6) is 11.5 Å². The average Bonchev–Trinajstić information content (AvgIpc) is 2.46. The molecule has 0 saturated carbocycles. The molecule has 0 aromatic heterocycles. The number of aliphatic hydroxyl groups is 1. The fourth-order valence-corrected chi connectivity index (χ4v) is 3.02. The minimum atomic E-state index is -0.837. The van der Waals surface area contributed by atoms with E-state index < -0.39 is 6.10 Å². The van der Waals surface area contributed by atoms with Gasteiger partial charge in [-0.05, 0) is 69.6 Å². The highest BCUT2D eigenvalue weighted by Crippen LogP contribution is 2.37. The van der Waals surface area contributed by atoms with Gasteiger partial charge in [-0.15, -0.1) is 0 Å². The maximum Gasteiger partial charge on any atom is 0.125 e. The van der Waals surface area contributed by atoms with Crippen LogP contribution in [0.1, 0.15) is 83.5 Å². The van der Waals surface area contributed by atoms with E-state index in [1.54, 1.807) is 12.1 Å². The van der Waals surface area contributed by atoms with Gasteiger partial charge in [0.15, 0.2) is 0 Å². The van der Waals surface area contributed by atoms with Crippen molar-refractivity contribution in [2.75, 3.05) is 0 Å². The minimum absolute atomic E-state index is 0.00509. The van der Waals surface area contributed by atoms with Crippen LogP contribution in [0.4, 0.5) is 0 Å². The molecule has 2 atom stereocenters. The highest BCUT2D eigenvalue weighted by molar-refractivity contribution is 5.48. The van der Waals surface area contributed by atoms with Crippen molar-refractivity contribution in [2.45, 2.75) is 78.7 Å². The van der Waals surface area contributed by atoms with Crippen LogP contribution in [-0.4, -0.2) is 15.3 Å². The molecule has 0 spiro atoms. The molecule has 0 radical (unpaired) electrons. The summed E-state index contributed by atoms with van der Waals surface area (Å²) < 4.78 is 0. The fourth-order valence-electron chi connectivity index (χ4n) is 3.02. The van der Waals surface area contributed by atoms with E-state index in [2.05, 4.69) is 33.8 Å². The van der Waals surface area contributed by atoms with Crippen LogP contribution < -0.4 is 0 Å². The lowest BCUT2D eigenvalue weighted by Gasteiger charge is -2.19. The summed E-state index contributed by atoms with van der Waals surface area (Å²) in [6.07, 6.45) is 8.02. The molecule has 0 fully saturated rings. The van der Waals surface area contributed by atoms with Crippen molar-refractivity contribution in [1.29, 1.82) is 0 Å². The van der Waals surface area contributed by atoms with Crippen LogP contribution in [0.25, 0.3) is 0 Å². The van der Waals surface area contributed by atoms with Gasteiger partial charge in [-0.3, -0.25) is 0 Å². The number of aromatic hydroxyl groups is 2. The molecule has 3 heteroatoms. The highest BCUT2D eigenvalue weighted by Gasteiger charge is 2.20. The lowest BCUT2D eigenvalue weighted by Crippen LogP contribution is -2.06. The molecule has 136 valence electrons. The topological polar surface area (TPSA) is 60.7 Å². The molecule has 0 aliphatic carbocycles. The number of hydrogen-bond acceptors (Lipinski definition) is 3. The second-order valence-corrected chi connectivity index (χ2v) is 7.22. The van der Waals surface area contributed by atoms with Gasteiger partial charge in [0.05, 0.1) is 11.7 Å². The van der Waals surface area contributed by atoms with Crippen molar-refractivity contribution in [3.05, 3.63) is 34.9 Å². The maximum absolute atomic E-state index is 10.4. The molecule has 3 N–H and O–H groups in total. The van der Waals surface area contributed by atoms with Crippen LogP contribution in [0.15, 0.2) is 23.8 Å². The van der Waals surface area contributed by atoms with Gasteiger partial charge in [0.1, 0.15) is 11.5 Å². The summed E-state index contributed by atoms with van der Waals surface area (Å²) >= 11 is 0. The molecule has 2 unspecified atom stereocenters. The first-order valence-electron chi connectivity index (χ1n) is 9.21. The molecule has 3 nitrogen and oxygen atoms in total. The summed E-state index contributed by atoms with van der Waals surface area (Å²) in [5, 5.41) is 30.9. The molecule has 0 heterocycles. The zero-order chi connectivity index (χ0) is 18.1. The van der Waals surface area contributed by atoms with Crippen molar-refractivity contribution in [1.82, 2.24) is 0 Å². The Labute approximate surface area is 147 Å². The van der Waals surface area contributed by atoms with E-state index in [1.165, 1.54) is 5.57 Å². The summed E-state index contributed by atoms with van der Waals surface area (Å²) in [7, 11) is 0. The molecular weight excluding hydrogens is 300 g/mol. The summed E-state index contributed by atoms with van der Waals surface area (Å²) in [5.41, 5.74) is 2.49. The number of phenols is 2. The summed E-state index contributed by atoms with van der Waals surface area (Å²) in [4.78, 5) is 0. The van der Waals surface area contributed by atoms with E-state index in [4.69, 9.17) is 0 Å². The zero-order valence-electron chi connectivity index (χ0n) is 15.7. The quantitative estimate of drug-likeness (QED) is 0.383. The van der Waals surface area contributed by atoms with E-state index in [9.17, 15) is 15.3 Å². The van der Waals surface area contributed by atoms with E-state index in [-0.39, 0.29) is 17.1 Å². The highest BCUT2D eigenvalue weighted by atomic mass is 16.3. The lowest BCUT2D eigenvalue weighted by molar-refractivity contribution is 0.139. The van der Waals surface area contributed by atoms with E-state index in [0.29, 0.717) is 12.3 Å². The number of benzene rings is 1. The Hall–Kier alpha value is -1.48. The standard InChI is InChI=1S/C21H34O3/c1-5-6-7-11-17-13-19(23)21(20(24)14-17)18(22)12-16(4)10-8-9-15(2)3/h9,13-14,16,18,22-24H,5-8,10-12H2,1-4H3. The third-order valence-electron chi connectivity index (χ3n) is 4.44. The van der Waals surface area contributed by atoms with E-state index >= 15 is 0 Å². The largest absolute Gasteiger partial charge is 0.507 e. The number of rotatable bonds is 10. The van der Waals surface area contributed by atoms with Crippen LogP contribution in [-0.2, 0) is 6.42 Å². The Bertz CT molecular complexity index is 507. The van der Waals surface area contributed by atoms with Gasteiger partial charge < -0.3 is 15.3 Å². The van der Waals surface area contributed by atoms with Gasteiger partial charge in [-0.2, -0.15) is 0 Å². The van der Waals surface area contributed by atoms with Crippen LogP contribution in [0, 0.1) is 5.92 Å². The van der Waals surface area contributed by atoms with Crippen molar-refractivity contribution in [3.63, 3.8) is 0 Å². The second-order valence-electron chi connectivity index (χ2n) is 7.22. The fraction of sp³-hybridized carbons (Fsp3) is 0.619. The SMILES string of the molecule is CCCCCc1cc(O)c(C(O)CC(C)CCC=C(C)C)c(O)c1. The Morgan fingerprint density at radius 1 is 1.12 bits per heavy atom. The van der Waals surface area contributed by atoms with Crippen LogP contribution in [0.2, 0.25) is 0 Å². The molecular formula is C21H34O3. The first kappa shape index (κ1) is 20.6. The number of aryl methyl sites for hydroxylation is 1. The molecule has 24 heavy (non-hydrogen) atoms. The Morgan fingerprint density at radius 2 is 1.75 bits per heavy atom. The van der Waals surface area contributed by atoms with Crippen molar-refractivity contribution < 1.29 is 15.3 Å². The Kier molecular flexibility index (Phi) is 8.91. The number of hydrogen-bond donors (Lipinski definition) is 3. The second kappa shape index (κ2) is 10.4. The maximum atomic E-state index is 10.4. The predicted molar refractivity (Wildman–Crippen MR) is 100 cm³/mol. The van der Waals surface area contributed by atoms with Crippen molar-refractivity contribution >= 4 is 0 Å². The summed E-state index contributed by atoms with van der Waals surface area (Å²) in [6, 6.07) is 3.36. The minimum Gasteiger partial charge on any atom is -0.507 e. The Balaban J connectivity index is 2.69. The smallest absolute Gasteiger partial charge is 0.125 e. The van der Waals surface area contributed by atoms with Gasteiger partial charge in [-0.1, -0.05) is 38.3 Å². The normalized spacial score (nSPS) is 13.5. The average molecular weight is 335 g/mol. The van der Waals surface area contributed by atoms with Crippen LogP contribution >= 0.6 is 0 Å². The Morgan fingerprint density at radius 3 is 2.29 bits per heavy atom. The van der Waals surface area contributed by atoms with Gasteiger partial charge in [0.25, 0.3) is 0 Å². The summed E-state index contributed by atoms with van der Waals surface area (Å²) in [5.74, 6) is 0.328. The number of aliphatic hydroxyl groups excluding tert-OH is 1. The molecule has 1 aromatic carbocycles. The van der Waals surface area contributed by atoms with Gasteiger partial charge in [0.2, 0.25) is 0 Å². The molecule has 0 aliphatic heterocycles. The molecule has 0 bridgehead atoms. The summed E-state index contributed by atoms with van der Waals surface area (Å²) in [6.45, 7) is 8.40. The number of phenolic OH excluding ortho intramolecular Hbond substituents is 2. The molecule has 1 rings (SSSR count).